The largest absolute Gasteiger partial charge is 0.431 e. The summed E-state index contributed by atoms with van der Waals surface area (Å²) in [5.74, 6) is 0. The van der Waals surface area contributed by atoms with E-state index in [1.165, 1.54) is 13.8 Å². The van der Waals surface area contributed by atoms with Crippen LogP contribution in [-0.4, -0.2) is 17.7 Å². The lowest BCUT2D eigenvalue weighted by Gasteiger charge is -2.15. The highest BCUT2D eigenvalue weighted by atomic mass is 32.2. The predicted molar refractivity (Wildman–Crippen MR) is 85.4 cm³/mol. The van der Waals surface area contributed by atoms with E-state index < -0.39 is 33.2 Å². The summed E-state index contributed by atoms with van der Waals surface area (Å²) in [6.45, 7) is 4.72. The molecule has 142 valence electrons. The summed E-state index contributed by atoms with van der Waals surface area (Å²) in [5.41, 5.74) is -3.25. The highest BCUT2D eigenvalue weighted by Crippen LogP contribution is 2.27. The zero-order chi connectivity index (χ0) is 20.0. The van der Waals surface area contributed by atoms with Crippen LogP contribution in [-0.2, 0) is 23.3 Å². The molecule has 0 aliphatic rings. The van der Waals surface area contributed by atoms with Crippen molar-refractivity contribution >= 4 is 10.1 Å². The summed E-state index contributed by atoms with van der Waals surface area (Å²) in [6, 6.07) is 3.19. The first-order valence-corrected chi connectivity index (χ1v) is 8.59. The van der Waals surface area contributed by atoms with Crippen LogP contribution in [0.2, 0.25) is 0 Å². The number of aryl methyl sites for hydroxylation is 3. The van der Waals surface area contributed by atoms with Gasteiger partial charge in [0.15, 0.2) is 0 Å². The van der Waals surface area contributed by atoms with Gasteiger partial charge in [0.1, 0.15) is 10.6 Å². The molecule has 0 unspecified atom stereocenters. The van der Waals surface area contributed by atoms with Gasteiger partial charge in [0, 0.05) is 13.1 Å². The first-order valence-electron chi connectivity index (χ1n) is 7.19. The van der Waals surface area contributed by atoms with E-state index in [0.29, 0.717) is 11.1 Å². The van der Waals surface area contributed by atoms with Gasteiger partial charge in [-0.3, -0.25) is 13.6 Å². The normalized spacial score (nSPS) is 12.3. The van der Waals surface area contributed by atoms with Crippen molar-refractivity contribution in [3.63, 3.8) is 0 Å². The average molecular weight is 392 g/mol. The van der Waals surface area contributed by atoms with E-state index in [4.69, 9.17) is 0 Å². The summed E-state index contributed by atoms with van der Waals surface area (Å²) < 4.78 is 67.9. The third kappa shape index (κ3) is 3.52. The number of hydrogen-bond donors (Lipinski definition) is 0. The van der Waals surface area contributed by atoms with Crippen LogP contribution in [0, 0.1) is 20.8 Å². The molecule has 0 saturated carbocycles. The lowest BCUT2D eigenvalue weighted by Crippen LogP contribution is -2.46. The molecule has 0 saturated heterocycles. The minimum Gasteiger partial charge on any atom is -0.290 e. The second-order valence-electron chi connectivity index (χ2n) is 5.76. The Bertz CT molecular complexity index is 1070. The molecule has 0 bridgehead atoms. The molecule has 0 fully saturated rings. The zero-order valence-electron chi connectivity index (χ0n) is 14.2. The Balaban J connectivity index is 2.65. The second-order valence-corrected chi connectivity index (χ2v) is 7.22. The zero-order valence-corrected chi connectivity index (χ0v) is 15.0. The molecule has 0 N–H and O–H groups in total. The van der Waals surface area contributed by atoms with Crippen LogP contribution in [0.5, 0.6) is 0 Å². The van der Waals surface area contributed by atoms with Crippen molar-refractivity contribution in [3.8, 4) is 0 Å². The number of halogens is 3. The number of aromatic nitrogens is 2. The number of nitrogens with zero attached hydrogens (tertiary/aromatic N) is 2. The molecule has 1 aromatic carbocycles. The third-order valence-corrected chi connectivity index (χ3v) is 5.09. The molecule has 0 amide bonds. The summed E-state index contributed by atoms with van der Waals surface area (Å²) in [7, 11) is -3.88. The number of benzene rings is 1. The van der Waals surface area contributed by atoms with Gasteiger partial charge in [-0.2, -0.15) is 21.6 Å². The van der Waals surface area contributed by atoms with Crippen molar-refractivity contribution in [1.82, 2.24) is 9.30 Å². The second kappa shape index (κ2) is 6.31. The van der Waals surface area contributed by atoms with Crippen molar-refractivity contribution in [2.24, 2.45) is 7.05 Å². The number of rotatable bonds is 3. The fourth-order valence-electron chi connectivity index (χ4n) is 2.64. The minimum absolute atomic E-state index is 0.0891. The molecular formula is C15H15F3N2O5S. The minimum atomic E-state index is -4.96. The first kappa shape index (κ1) is 19.8. The molecular weight excluding hydrogens is 377 g/mol. The smallest absolute Gasteiger partial charge is 0.290 e. The molecule has 0 atom stereocenters. The molecule has 11 heteroatoms. The molecule has 1 heterocycles. The predicted octanol–water partition coefficient (Wildman–Crippen LogP) is 1.31. The van der Waals surface area contributed by atoms with Crippen LogP contribution >= 0.6 is 0 Å². The van der Waals surface area contributed by atoms with E-state index in [1.807, 2.05) is 0 Å². The maximum absolute atomic E-state index is 12.8. The van der Waals surface area contributed by atoms with Crippen molar-refractivity contribution in [3.05, 3.63) is 61.4 Å². The summed E-state index contributed by atoms with van der Waals surface area (Å²) in [6.07, 6.45) is -4.96. The van der Waals surface area contributed by atoms with Crippen molar-refractivity contribution in [2.45, 2.75) is 31.8 Å². The summed E-state index contributed by atoms with van der Waals surface area (Å²) in [4.78, 5) is 23.6. The van der Waals surface area contributed by atoms with Crippen LogP contribution < -0.4 is 15.5 Å². The van der Waals surface area contributed by atoms with Gasteiger partial charge in [-0.15, -0.1) is 0 Å². The van der Waals surface area contributed by atoms with E-state index in [0.717, 1.165) is 12.6 Å². The molecule has 2 rings (SSSR count). The fourth-order valence-corrected chi connectivity index (χ4v) is 3.96. The molecule has 2 aromatic rings. The molecule has 1 aromatic heterocycles. The van der Waals surface area contributed by atoms with Gasteiger partial charge in [0.25, 0.3) is 5.56 Å². The van der Waals surface area contributed by atoms with E-state index >= 15 is 0 Å². The maximum Gasteiger partial charge on any atom is 0.431 e. The van der Waals surface area contributed by atoms with Gasteiger partial charge >= 0.3 is 22.0 Å². The van der Waals surface area contributed by atoms with Crippen molar-refractivity contribution in [1.29, 1.82) is 0 Å². The maximum atomic E-state index is 12.8. The standard InChI is InChI=1S/C15H15F3N2O5S/c1-8-5-9(2)13(10(3)6-8)26(23,24)25-20-12(21)7-11(15(16,17)18)19(4)14(20)22/h5-7H,1-4H3. The molecule has 0 spiro atoms. The fraction of sp³-hybridized carbons (Fsp3) is 0.333. The molecule has 0 radical (unpaired) electrons. The van der Waals surface area contributed by atoms with Gasteiger partial charge < -0.3 is 0 Å². The Labute approximate surface area is 146 Å². The SMILES string of the molecule is Cc1cc(C)c(S(=O)(=O)On2c(=O)cc(C(F)(F)F)n(C)c2=O)c(C)c1. The van der Waals surface area contributed by atoms with Gasteiger partial charge in [-0.25, -0.2) is 4.79 Å². The van der Waals surface area contributed by atoms with Gasteiger partial charge in [0.05, 0.1) is 0 Å². The highest BCUT2D eigenvalue weighted by molar-refractivity contribution is 7.87. The number of alkyl halides is 3. The van der Waals surface area contributed by atoms with Crippen LogP contribution in [0.1, 0.15) is 22.4 Å². The molecule has 26 heavy (non-hydrogen) atoms. The monoisotopic (exact) mass is 392 g/mol. The topological polar surface area (TPSA) is 87.4 Å². The average Bonchev–Trinajstić information content (AvgIpc) is 2.44. The van der Waals surface area contributed by atoms with Gasteiger partial charge in [-0.1, -0.05) is 22.4 Å². The molecule has 0 aliphatic carbocycles. The summed E-state index contributed by atoms with van der Waals surface area (Å²) in [5, 5.41) is 0. The highest BCUT2D eigenvalue weighted by Gasteiger charge is 2.36. The Morgan fingerprint density at radius 3 is 1.96 bits per heavy atom. The van der Waals surface area contributed by atoms with Crippen LogP contribution in [0.15, 0.2) is 32.7 Å². The van der Waals surface area contributed by atoms with E-state index in [-0.39, 0.29) is 20.3 Å². The Morgan fingerprint density at radius 1 is 1.00 bits per heavy atom. The van der Waals surface area contributed by atoms with Gasteiger partial charge in [-0.05, 0) is 31.9 Å². The first-order chi connectivity index (χ1) is 11.8. The van der Waals surface area contributed by atoms with Crippen molar-refractivity contribution < 1.29 is 25.9 Å². The van der Waals surface area contributed by atoms with E-state index in [2.05, 4.69) is 4.28 Å². The van der Waals surface area contributed by atoms with Crippen LogP contribution in [0.4, 0.5) is 13.2 Å². The lowest BCUT2D eigenvalue weighted by molar-refractivity contribution is -0.144. The Morgan fingerprint density at radius 2 is 1.50 bits per heavy atom. The Kier molecular flexibility index (Phi) is 4.79. The molecule has 7 nitrogen and oxygen atoms in total. The lowest BCUT2D eigenvalue weighted by atomic mass is 10.1. The number of hydrogen-bond acceptors (Lipinski definition) is 5. The quantitative estimate of drug-likeness (QED) is 0.786. The van der Waals surface area contributed by atoms with Crippen molar-refractivity contribution in [2.75, 3.05) is 0 Å². The van der Waals surface area contributed by atoms with Crippen LogP contribution in [0.3, 0.4) is 0 Å². The third-order valence-electron chi connectivity index (χ3n) is 3.60. The molecule has 0 aliphatic heterocycles. The Hall–Kier alpha value is -2.56. The van der Waals surface area contributed by atoms with Crippen LogP contribution in [0.25, 0.3) is 0 Å². The summed E-state index contributed by atoms with van der Waals surface area (Å²) >= 11 is 0. The van der Waals surface area contributed by atoms with E-state index in [1.54, 1.807) is 19.1 Å². The van der Waals surface area contributed by atoms with Gasteiger partial charge in [0.2, 0.25) is 0 Å². The van der Waals surface area contributed by atoms with E-state index in [9.17, 15) is 31.2 Å².